The van der Waals surface area contributed by atoms with E-state index < -0.39 is 5.60 Å². The fourth-order valence-corrected chi connectivity index (χ4v) is 2.75. The summed E-state index contributed by atoms with van der Waals surface area (Å²) in [4.78, 5) is 4.19. The summed E-state index contributed by atoms with van der Waals surface area (Å²) in [6.45, 7) is 6.17. The van der Waals surface area contributed by atoms with Crippen molar-refractivity contribution in [3.8, 4) is 5.75 Å². The molecule has 1 aromatic rings. The van der Waals surface area contributed by atoms with E-state index in [4.69, 9.17) is 4.74 Å². The zero-order valence-corrected chi connectivity index (χ0v) is 11.5. The first-order chi connectivity index (χ1) is 8.53. The summed E-state index contributed by atoms with van der Waals surface area (Å²) < 4.78 is 5.64. The van der Waals surface area contributed by atoms with Gasteiger partial charge in [-0.2, -0.15) is 0 Å². The highest BCUT2D eigenvalue weighted by Gasteiger charge is 2.38. The van der Waals surface area contributed by atoms with Crippen LogP contribution >= 0.6 is 0 Å². The number of rotatable bonds is 4. The quantitative estimate of drug-likeness (QED) is 0.890. The molecule has 100 valence electrons. The van der Waals surface area contributed by atoms with Crippen LogP contribution in [-0.2, 0) is 5.60 Å². The molecule has 1 saturated carbocycles. The molecule has 1 aliphatic carbocycles. The zero-order chi connectivity index (χ0) is 13.2. The number of aromatic nitrogens is 1. The molecule has 18 heavy (non-hydrogen) atoms. The van der Waals surface area contributed by atoms with Crippen molar-refractivity contribution in [2.45, 2.75) is 58.2 Å². The number of nitrogens with zero attached hydrogens (tertiary/aromatic N) is 1. The van der Waals surface area contributed by atoms with Gasteiger partial charge in [-0.3, -0.25) is 4.98 Å². The topological polar surface area (TPSA) is 42.4 Å². The van der Waals surface area contributed by atoms with E-state index in [0.29, 0.717) is 5.92 Å². The highest BCUT2D eigenvalue weighted by atomic mass is 16.5. The molecule has 1 aromatic heterocycles. The van der Waals surface area contributed by atoms with Gasteiger partial charge in [-0.05, 0) is 45.1 Å². The van der Waals surface area contributed by atoms with Gasteiger partial charge in [-0.1, -0.05) is 13.3 Å². The predicted molar refractivity (Wildman–Crippen MR) is 71.5 cm³/mol. The van der Waals surface area contributed by atoms with Gasteiger partial charge in [0.2, 0.25) is 0 Å². The summed E-state index contributed by atoms with van der Waals surface area (Å²) in [5, 5.41) is 10.7. The normalized spacial score (nSPS) is 27.7. The van der Waals surface area contributed by atoms with Gasteiger partial charge in [0.25, 0.3) is 0 Å². The average molecular weight is 249 g/mol. The van der Waals surface area contributed by atoms with Crippen LogP contribution in [0.3, 0.4) is 0 Å². The molecular formula is C15H23NO2. The molecule has 0 bridgehead atoms. The van der Waals surface area contributed by atoms with Crippen LogP contribution in [0.1, 0.15) is 52.0 Å². The molecule has 3 heteroatoms. The van der Waals surface area contributed by atoms with Gasteiger partial charge in [0.05, 0.1) is 17.9 Å². The maximum absolute atomic E-state index is 10.7. The summed E-state index contributed by atoms with van der Waals surface area (Å²) in [7, 11) is 0. The van der Waals surface area contributed by atoms with Crippen LogP contribution in [0, 0.1) is 5.92 Å². The zero-order valence-electron chi connectivity index (χ0n) is 11.5. The largest absolute Gasteiger partial charge is 0.489 e. The van der Waals surface area contributed by atoms with E-state index in [0.717, 1.165) is 37.0 Å². The van der Waals surface area contributed by atoms with Crippen LogP contribution in [0.2, 0.25) is 0 Å². The Morgan fingerprint density at radius 3 is 2.89 bits per heavy atom. The third-order valence-electron chi connectivity index (χ3n) is 3.79. The number of hydrogen-bond acceptors (Lipinski definition) is 3. The Morgan fingerprint density at radius 2 is 2.28 bits per heavy atom. The minimum atomic E-state index is -0.704. The first kappa shape index (κ1) is 13.3. The molecule has 0 radical (unpaired) electrons. The summed E-state index contributed by atoms with van der Waals surface area (Å²) in [6, 6.07) is 1.94. The molecule has 1 aliphatic rings. The van der Waals surface area contributed by atoms with Crippen molar-refractivity contribution in [3.63, 3.8) is 0 Å². The molecule has 0 amide bonds. The molecule has 1 heterocycles. The molecule has 0 aromatic carbocycles. The molecule has 1 N–H and O–H groups in total. The Labute approximate surface area is 109 Å². The lowest BCUT2D eigenvalue weighted by molar-refractivity contribution is 0.0390. The number of aliphatic hydroxyl groups is 1. The smallest absolute Gasteiger partial charge is 0.138 e. The van der Waals surface area contributed by atoms with E-state index in [1.165, 1.54) is 0 Å². The van der Waals surface area contributed by atoms with E-state index in [2.05, 4.69) is 11.9 Å². The third-order valence-corrected chi connectivity index (χ3v) is 3.79. The molecule has 2 rings (SSSR count). The van der Waals surface area contributed by atoms with E-state index in [9.17, 15) is 5.11 Å². The van der Waals surface area contributed by atoms with Gasteiger partial charge in [0.15, 0.2) is 0 Å². The van der Waals surface area contributed by atoms with E-state index in [1.807, 2.05) is 19.9 Å². The second kappa shape index (κ2) is 5.27. The van der Waals surface area contributed by atoms with Crippen molar-refractivity contribution >= 4 is 0 Å². The van der Waals surface area contributed by atoms with Crippen molar-refractivity contribution in [2.75, 3.05) is 0 Å². The van der Waals surface area contributed by atoms with Gasteiger partial charge in [0.1, 0.15) is 5.75 Å². The van der Waals surface area contributed by atoms with Gasteiger partial charge in [0, 0.05) is 11.8 Å². The molecule has 0 spiro atoms. The van der Waals surface area contributed by atoms with Crippen molar-refractivity contribution in [1.29, 1.82) is 0 Å². The van der Waals surface area contributed by atoms with E-state index in [1.54, 1.807) is 12.4 Å². The van der Waals surface area contributed by atoms with E-state index >= 15 is 0 Å². The Hall–Kier alpha value is -1.09. The van der Waals surface area contributed by atoms with Crippen LogP contribution in [0.15, 0.2) is 18.5 Å². The van der Waals surface area contributed by atoms with Crippen LogP contribution in [0.25, 0.3) is 0 Å². The predicted octanol–water partition coefficient (Wildman–Crippen LogP) is 3.27. The molecular weight excluding hydrogens is 226 g/mol. The Morgan fingerprint density at radius 1 is 1.50 bits per heavy atom. The van der Waals surface area contributed by atoms with Crippen molar-refractivity contribution in [1.82, 2.24) is 4.98 Å². The average Bonchev–Trinajstić information content (AvgIpc) is 2.72. The van der Waals surface area contributed by atoms with Gasteiger partial charge in [-0.15, -0.1) is 0 Å². The lowest BCUT2D eigenvalue weighted by atomic mass is 9.92. The minimum Gasteiger partial charge on any atom is -0.489 e. The summed E-state index contributed by atoms with van der Waals surface area (Å²) >= 11 is 0. The monoisotopic (exact) mass is 249 g/mol. The molecule has 0 saturated heterocycles. The van der Waals surface area contributed by atoms with E-state index in [-0.39, 0.29) is 6.10 Å². The highest BCUT2D eigenvalue weighted by molar-refractivity contribution is 5.29. The van der Waals surface area contributed by atoms with Gasteiger partial charge in [-0.25, -0.2) is 0 Å². The second-order valence-corrected chi connectivity index (χ2v) is 5.62. The van der Waals surface area contributed by atoms with Crippen LogP contribution < -0.4 is 4.74 Å². The molecule has 0 aliphatic heterocycles. The minimum absolute atomic E-state index is 0.128. The van der Waals surface area contributed by atoms with Crippen LogP contribution in [0.4, 0.5) is 0 Å². The summed E-state index contributed by atoms with van der Waals surface area (Å²) in [5.74, 6) is 1.38. The lowest BCUT2D eigenvalue weighted by Crippen LogP contribution is -2.22. The molecule has 3 nitrogen and oxygen atoms in total. The Balaban J connectivity index is 2.18. The fraction of sp³-hybridized carbons (Fsp3) is 0.667. The summed E-state index contributed by atoms with van der Waals surface area (Å²) in [6.07, 6.45) is 7.52. The number of ether oxygens (including phenoxy) is 1. The Kier molecular flexibility index (Phi) is 3.91. The third kappa shape index (κ3) is 2.83. The molecule has 2 unspecified atom stereocenters. The molecule has 2 atom stereocenters. The Bertz CT molecular complexity index is 405. The van der Waals surface area contributed by atoms with Crippen LogP contribution in [0.5, 0.6) is 5.75 Å². The first-order valence-electron chi connectivity index (χ1n) is 6.88. The highest BCUT2D eigenvalue weighted by Crippen LogP contribution is 2.43. The van der Waals surface area contributed by atoms with Crippen molar-refractivity contribution in [3.05, 3.63) is 24.0 Å². The molecule has 1 fully saturated rings. The fourth-order valence-electron chi connectivity index (χ4n) is 2.75. The van der Waals surface area contributed by atoms with Crippen LogP contribution in [-0.4, -0.2) is 16.2 Å². The SMILES string of the molecule is CCC1CCC(O)(c2cncc(OC(C)C)c2)C1. The van der Waals surface area contributed by atoms with Gasteiger partial charge < -0.3 is 9.84 Å². The number of hydrogen-bond donors (Lipinski definition) is 1. The van der Waals surface area contributed by atoms with Gasteiger partial charge >= 0.3 is 0 Å². The second-order valence-electron chi connectivity index (χ2n) is 5.62. The maximum atomic E-state index is 10.7. The first-order valence-corrected chi connectivity index (χ1v) is 6.88. The summed E-state index contributed by atoms with van der Waals surface area (Å²) in [5.41, 5.74) is 0.195. The standard InChI is InChI=1S/C15H23NO2/c1-4-12-5-6-15(17,8-12)13-7-14(10-16-9-13)18-11(2)3/h7,9-12,17H,4-6,8H2,1-3H3. The van der Waals surface area contributed by atoms with Crippen molar-refractivity contribution in [2.24, 2.45) is 5.92 Å². The maximum Gasteiger partial charge on any atom is 0.138 e. The van der Waals surface area contributed by atoms with Crippen molar-refractivity contribution < 1.29 is 9.84 Å². The lowest BCUT2D eigenvalue weighted by Gasteiger charge is -2.23. The number of pyridine rings is 1.